The van der Waals surface area contributed by atoms with Crippen molar-refractivity contribution in [3.8, 4) is 5.75 Å². The summed E-state index contributed by atoms with van der Waals surface area (Å²) in [5.41, 5.74) is 2.89. The number of esters is 1. The minimum Gasteiger partial charge on any atom is -0.487 e. The Bertz CT molecular complexity index is 1000. The highest BCUT2D eigenvalue weighted by molar-refractivity contribution is 7.91. The number of thiazole rings is 1. The van der Waals surface area contributed by atoms with Gasteiger partial charge in [-0.2, -0.15) is 0 Å². The number of hydrogen-bond donors (Lipinski definition) is 0. The second-order valence-electron chi connectivity index (χ2n) is 5.92. The fourth-order valence-corrected chi connectivity index (χ4v) is 4.27. The highest BCUT2D eigenvalue weighted by Gasteiger charge is 2.14. The SMILES string of the molecule is O=C(OCCCS(=O)(=O)c1ccccc1)c1cccc(OCc2cscn2)c1. The molecule has 0 atom stereocenters. The van der Waals surface area contributed by atoms with Gasteiger partial charge in [-0.1, -0.05) is 24.3 Å². The van der Waals surface area contributed by atoms with Crippen molar-refractivity contribution in [3.05, 3.63) is 76.7 Å². The zero-order valence-electron chi connectivity index (χ0n) is 15.0. The van der Waals surface area contributed by atoms with Crippen LogP contribution in [0, 0.1) is 0 Å². The Morgan fingerprint density at radius 2 is 1.89 bits per heavy atom. The van der Waals surface area contributed by atoms with Crippen LogP contribution < -0.4 is 4.74 Å². The predicted molar refractivity (Wildman–Crippen MR) is 106 cm³/mol. The number of hydrogen-bond acceptors (Lipinski definition) is 7. The molecule has 2 aromatic carbocycles. The topological polar surface area (TPSA) is 82.6 Å². The third kappa shape index (κ3) is 5.64. The molecule has 0 bridgehead atoms. The summed E-state index contributed by atoms with van der Waals surface area (Å²) in [6.07, 6.45) is 0.225. The molecule has 0 aliphatic carbocycles. The van der Waals surface area contributed by atoms with Gasteiger partial charge in [-0.3, -0.25) is 0 Å². The first-order valence-electron chi connectivity index (χ1n) is 8.59. The molecule has 0 radical (unpaired) electrons. The minimum atomic E-state index is -3.37. The zero-order valence-corrected chi connectivity index (χ0v) is 16.6. The summed E-state index contributed by atoms with van der Waals surface area (Å²) in [6, 6.07) is 14.9. The molecule has 0 saturated carbocycles. The van der Waals surface area contributed by atoms with Gasteiger partial charge in [0, 0.05) is 5.38 Å². The molecule has 0 saturated heterocycles. The number of aromatic nitrogens is 1. The molecule has 6 nitrogen and oxygen atoms in total. The van der Waals surface area contributed by atoms with Crippen LogP contribution in [0.2, 0.25) is 0 Å². The first kappa shape index (κ1) is 20.0. The number of benzene rings is 2. The zero-order chi connectivity index (χ0) is 19.8. The van der Waals surface area contributed by atoms with Crippen LogP contribution in [0.4, 0.5) is 0 Å². The van der Waals surface area contributed by atoms with Crippen LogP contribution in [-0.4, -0.2) is 31.7 Å². The quantitative estimate of drug-likeness (QED) is 0.390. The molecule has 0 fully saturated rings. The molecule has 28 heavy (non-hydrogen) atoms. The molecule has 3 rings (SSSR count). The molecular weight excluding hydrogens is 398 g/mol. The summed E-state index contributed by atoms with van der Waals surface area (Å²) in [5.74, 6) is -0.0634. The molecule has 0 unspecified atom stereocenters. The maximum atomic E-state index is 12.2. The van der Waals surface area contributed by atoms with Gasteiger partial charge in [0.1, 0.15) is 12.4 Å². The van der Waals surface area contributed by atoms with Gasteiger partial charge in [0.15, 0.2) is 9.84 Å². The van der Waals surface area contributed by atoms with Crippen molar-refractivity contribution in [1.82, 2.24) is 4.98 Å². The van der Waals surface area contributed by atoms with E-state index in [1.807, 2.05) is 5.38 Å². The standard InChI is InChI=1S/C20H19NO5S2/c22-20(25-10-5-11-28(23,24)19-8-2-1-3-9-19)16-6-4-7-18(12-16)26-13-17-14-27-15-21-17/h1-4,6-9,12,14-15H,5,10-11,13H2. The summed E-state index contributed by atoms with van der Waals surface area (Å²) < 4.78 is 35.2. The summed E-state index contributed by atoms with van der Waals surface area (Å²) >= 11 is 1.49. The third-order valence-corrected chi connectivity index (χ3v) is 6.28. The summed E-state index contributed by atoms with van der Waals surface area (Å²) in [5, 5.41) is 1.89. The Morgan fingerprint density at radius 1 is 1.07 bits per heavy atom. The Balaban J connectivity index is 1.47. The van der Waals surface area contributed by atoms with E-state index in [1.54, 1.807) is 60.1 Å². The highest BCUT2D eigenvalue weighted by atomic mass is 32.2. The van der Waals surface area contributed by atoms with E-state index in [-0.39, 0.29) is 23.7 Å². The van der Waals surface area contributed by atoms with E-state index in [0.717, 1.165) is 5.69 Å². The van der Waals surface area contributed by atoms with Gasteiger partial charge < -0.3 is 9.47 Å². The first-order chi connectivity index (χ1) is 13.5. The van der Waals surface area contributed by atoms with E-state index in [2.05, 4.69) is 4.98 Å². The predicted octanol–water partition coefficient (Wildman–Crippen LogP) is 3.74. The summed E-state index contributed by atoms with van der Waals surface area (Å²) in [7, 11) is -3.37. The molecule has 0 amide bonds. The maximum absolute atomic E-state index is 12.2. The van der Waals surface area contributed by atoms with Crippen LogP contribution in [0.5, 0.6) is 5.75 Å². The molecule has 146 valence electrons. The van der Waals surface area contributed by atoms with Crippen LogP contribution >= 0.6 is 11.3 Å². The molecule has 0 spiro atoms. The Morgan fingerprint density at radius 3 is 2.64 bits per heavy atom. The van der Waals surface area contributed by atoms with Crippen LogP contribution in [-0.2, 0) is 21.2 Å². The molecule has 8 heteroatoms. The first-order valence-corrected chi connectivity index (χ1v) is 11.2. The van der Waals surface area contributed by atoms with Crippen molar-refractivity contribution in [2.45, 2.75) is 17.9 Å². The lowest BCUT2D eigenvalue weighted by molar-refractivity contribution is 0.0505. The summed E-state index contributed by atoms with van der Waals surface area (Å²) in [4.78, 5) is 16.6. The Kier molecular flexibility index (Phi) is 6.78. The molecule has 0 N–H and O–H groups in total. The molecule has 0 aliphatic heterocycles. The minimum absolute atomic E-state index is 0.0226. The second-order valence-corrected chi connectivity index (χ2v) is 8.75. The number of carbonyl (C=O) groups is 1. The monoisotopic (exact) mass is 417 g/mol. The molecular formula is C20H19NO5S2. The van der Waals surface area contributed by atoms with Gasteiger partial charge in [0.25, 0.3) is 0 Å². The van der Waals surface area contributed by atoms with E-state index >= 15 is 0 Å². The Labute approximate surface area is 167 Å². The number of ether oxygens (including phenoxy) is 2. The van der Waals surface area contributed by atoms with E-state index < -0.39 is 15.8 Å². The molecule has 1 heterocycles. The Hall–Kier alpha value is -2.71. The smallest absolute Gasteiger partial charge is 0.338 e. The summed E-state index contributed by atoms with van der Waals surface area (Å²) in [6.45, 7) is 0.341. The van der Waals surface area contributed by atoms with E-state index in [9.17, 15) is 13.2 Å². The van der Waals surface area contributed by atoms with Crippen molar-refractivity contribution >= 4 is 27.1 Å². The second kappa shape index (κ2) is 9.48. The lowest BCUT2D eigenvalue weighted by Gasteiger charge is -2.08. The van der Waals surface area contributed by atoms with Crippen molar-refractivity contribution in [3.63, 3.8) is 0 Å². The average Bonchev–Trinajstić information content (AvgIpc) is 3.24. The fourth-order valence-electron chi connectivity index (χ4n) is 2.42. The van der Waals surface area contributed by atoms with Gasteiger partial charge in [0.2, 0.25) is 0 Å². The van der Waals surface area contributed by atoms with Gasteiger partial charge in [-0.05, 0) is 36.8 Å². The van der Waals surface area contributed by atoms with E-state index in [1.165, 1.54) is 11.3 Å². The van der Waals surface area contributed by atoms with E-state index in [0.29, 0.717) is 17.9 Å². The van der Waals surface area contributed by atoms with Crippen LogP contribution in [0.3, 0.4) is 0 Å². The van der Waals surface area contributed by atoms with Gasteiger partial charge in [-0.25, -0.2) is 18.2 Å². The largest absolute Gasteiger partial charge is 0.487 e. The van der Waals surface area contributed by atoms with Crippen LogP contribution in [0.15, 0.2) is 70.4 Å². The fraction of sp³-hybridized carbons (Fsp3) is 0.200. The van der Waals surface area contributed by atoms with Crippen molar-refractivity contribution < 1.29 is 22.7 Å². The van der Waals surface area contributed by atoms with Crippen molar-refractivity contribution in [1.29, 1.82) is 0 Å². The van der Waals surface area contributed by atoms with Crippen LogP contribution in [0.1, 0.15) is 22.5 Å². The van der Waals surface area contributed by atoms with Gasteiger partial charge in [-0.15, -0.1) is 11.3 Å². The molecule has 0 aliphatic rings. The highest BCUT2D eigenvalue weighted by Crippen LogP contribution is 2.16. The van der Waals surface area contributed by atoms with Gasteiger partial charge in [0.05, 0.1) is 34.0 Å². The number of rotatable bonds is 9. The van der Waals surface area contributed by atoms with Crippen molar-refractivity contribution in [2.75, 3.05) is 12.4 Å². The number of nitrogens with zero attached hydrogens (tertiary/aromatic N) is 1. The van der Waals surface area contributed by atoms with Gasteiger partial charge >= 0.3 is 5.97 Å². The van der Waals surface area contributed by atoms with E-state index in [4.69, 9.17) is 9.47 Å². The third-order valence-electron chi connectivity index (χ3n) is 3.83. The number of carbonyl (C=O) groups excluding carboxylic acids is 1. The lowest BCUT2D eigenvalue weighted by atomic mass is 10.2. The van der Waals surface area contributed by atoms with Crippen molar-refractivity contribution in [2.24, 2.45) is 0 Å². The number of sulfone groups is 1. The maximum Gasteiger partial charge on any atom is 0.338 e. The normalized spacial score (nSPS) is 11.1. The molecule has 3 aromatic rings. The van der Waals surface area contributed by atoms with Crippen LogP contribution in [0.25, 0.3) is 0 Å². The lowest BCUT2D eigenvalue weighted by Crippen LogP contribution is -2.12. The average molecular weight is 418 g/mol. The molecule has 1 aromatic heterocycles.